The number of aromatic nitrogens is 2. The van der Waals surface area contributed by atoms with Crippen LogP contribution in [0.15, 0.2) is 66.7 Å². The first-order valence-corrected chi connectivity index (χ1v) is 12.6. The van der Waals surface area contributed by atoms with Crippen LogP contribution in [0, 0.1) is 0 Å². The number of rotatable bonds is 6. The highest BCUT2D eigenvalue weighted by atomic mass is 16.2. The molecular weight excluding hydrogens is 468 g/mol. The molecule has 37 heavy (non-hydrogen) atoms. The summed E-state index contributed by atoms with van der Waals surface area (Å²) in [7, 11) is 1.62. The summed E-state index contributed by atoms with van der Waals surface area (Å²) in [6, 6.07) is 21.5. The molecule has 5 rings (SSSR count). The average Bonchev–Trinajstić information content (AvgIpc) is 3.35. The zero-order valence-corrected chi connectivity index (χ0v) is 21.3. The average molecular weight is 501 g/mol. The van der Waals surface area contributed by atoms with E-state index in [9.17, 15) is 14.4 Å². The van der Waals surface area contributed by atoms with Crippen molar-refractivity contribution in [2.75, 3.05) is 33.2 Å². The maximum Gasteiger partial charge on any atom is 0.274 e. The highest BCUT2D eigenvalue weighted by Crippen LogP contribution is 2.26. The molecule has 1 N–H and O–H groups in total. The van der Waals surface area contributed by atoms with Crippen molar-refractivity contribution in [2.45, 2.75) is 32.1 Å². The van der Waals surface area contributed by atoms with E-state index in [1.54, 1.807) is 24.9 Å². The second kappa shape index (κ2) is 10.2. The summed E-state index contributed by atoms with van der Waals surface area (Å²) in [5, 5.41) is 7.42. The van der Waals surface area contributed by atoms with Crippen molar-refractivity contribution in [1.82, 2.24) is 29.8 Å². The molecule has 1 saturated heterocycles. The fourth-order valence-electron chi connectivity index (χ4n) is 4.91. The molecule has 3 aromatic rings. The fraction of sp³-hybridized carbons (Fsp3) is 0.357. The minimum Gasteiger partial charge on any atom is -0.350 e. The lowest BCUT2D eigenvalue weighted by molar-refractivity contribution is -0.132. The number of carbonyl (C=O) groups is 3. The van der Waals surface area contributed by atoms with E-state index in [2.05, 4.69) is 27.4 Å². The molecular formula is C28H32N6O3. The van der Waals surface area contributed by atoms with Gasteiger partial charge >= 0.3 is 0 Å². The van der Waals surface area contributed by atoms with Gasteiger partial charge < -0.3 is 15.1 Å². The van der Waals surface area contributed by atoms with Gasteiger partial charge in [0.05, 0.1) is 6.54 Å². The quantitative estimate of drug-likeness (QED) is 0.559. The molecule has 0 unspecified atom stereocenters. The van der Waals surface area contributed by atoms with Crippen LogP contribution < -0.4 is 5.32 Å². The molecule has 1 atom stereocenters. The number of nitrogens with one attached hydrogen (secondary N) is 1. The largest absolute Gasteiger partial charge is 0.350 e. The molecule has 0 bridgehead atoms. The molecule has 192 valence electrons. The summed E-state index contributed by atoms with van der Waals surface area (Å²) in [5.41, 5.74) is 1.65. The maximum absolute atomic E-state index is 13.3. The third-order valence-electron chi connectivity index (χ3n) is 7.41. The topological polar surface area (TPSA) is 90.8 Å². The van der Waals surface area contributed by atoms with E-state index in [0.29, 0.717) is 25.3 Å². The SMILES string of the molecule is CN1C(=O)c2cc(C(=O)N3CCN(Cc4ccccc4)CC3)nn2C[C@@]1(C)C(=O)NCc1ccccc1. The molecule has 2 aliphatic heterocycles. The first-order chi connectivity index (χ1) is 17.8. The van der Waals surface area contributed by atoms with E-state index in [0.717, 1.165) is 25.2 Å². The number of hydrogen-bond acceptors (Lipinski definition) is 5. The Morgan fingerprint density at radius 3 is 2.22 bits per heavy atom. The van der Waals surface area contributed by atoms with Gasteiger partial charge in [0, 0.05) is 52.4 Å². The van der Waals surface area contributed by atoms with E-state index in [4.69, 9.17) is 0 Å². The Morgan fingerprint density at radius 1 is 0.946 bits per heavy atom. The van der Waals surface area contributed by atoms with Crippen molar-refractivity contribution in [1.29, 1.82) is 0 Å². The molecule has 0 aliphatic carbocycles. The molecule has 1 fully saturated rings. The predicted octanol–water partition coefficient (Wildman–Crippen LogP) is 2.00. The van der Waals surface area contributed by atoms with Gasteiger partial charge in [0.1, 0.15) is 11.2 Å². The maximum atomic E-state index is 13.3. The molecule has 2 aromatic carbocycles. The number of piperazine rings is 1. The van der Waals surface area contributed by atoms with Crippen LogP contribution in [0.4, 0.5) is 0 Å². The van der Waals surface area contributed by atoms with Crippen LogP contribution in [0.3, 0.4) is 0 Å². The molecule has 1 aromatic heterocycles. The number of benzene rings is 2. The van der Waals surface area contributed by atoms with Gasteiger partial charge in [-0.05, 0) is 18.1 Å². The van der Waals surface area contributed by atoms with E-state index in [1.807, 2.05) is 48.5 Å². The number of fused-ring (bicyclic) bond motifs is 1. The summed E-state index contributed by atoms with van der Waals surface area (Å²) >= 11 is 0. The standard InChI is InChI=1S/C28H32N6O3/c1-28(27(37)29-18-21-9-5-3-6-10-21)20-34-24(26(36)31(28)2)17-23(30-34)25(35)33-15-13-32(14-16-33)19-22-11-7-4-8-12-22/h3-12,17H,13-16,18-20H2,1-2H3,(H,29,37)/t28-/m0/s1. The molecule has 9 nitrogen and oxygen atoms in total. The minimum absolute atomic E-state index is 0.170. The van der Waals surface area contributed by atoms with Crippen molar-refractivity contribution in [2.24, 2.45) is 0 Å². The minimum atomic E-state index is -1.13. The van der Waals surface area contributed by atoms with Crippen LogP contribution in [-0.2, 0) is 24.4 Å². The summed E-state index contributed by atoms with van der Waals surface area (Å²) in [6.45, 7) is 5.86. The van der Waals surface area contributed by atoms with Crippen LogP contribution in [-0.4, -0.2) is 81.0 Å². The lowest BCUT2D eigenvalue weighted by Crippen LogP contribution is -2.62. The van der Waals surface area contributed by atoms with Crippen molar-refractivity contribution in [3.63, 3.8) is 0 Å². The predicted molar refractivity (Wildman–Crippen MR) is 139 cm³/mol. The number of likely N-dealkylation sites (N-methyl/N-ethyl adjacent to an activating group) is 1. The number of amides is 3. The van der Waals surface area contributed by atoms with Crippen LogP contribution in [0.25, 0.3) is 0 Å². The summed E-state index contributed by atoms with van der Waals surface area (Å²) in [4.78, 5) is 45.2. The Bertz CT molecular complexity index is 1280. The molecule has 3 amide bonds. The highest BCUT2D eigenvalue weighted by Gasteiger charge is 2.46. The smallest absolute Gasteiger partial charge is 0.274 e. The van der Waals surface area contributed by atoms with Gasteiger partial charge in [-0.25, -0.2) is 0 Å². The third kappa shape index (κ3) is 4.99. The normalized spacial score (nSPS) is 20.0. The van der Waals surface area contributed by atoms with E-state index in [1.165, 1.54) is 15.1 Å². The Hall–Kier alpha value is -3.98. The van der Waals surface area contributed by atoms with Gasteiger partial charge in [-0.15, -0.1) is 0 Å². The molecule has 3 heterocycles. The molecule has 9 heteroatoms. The second-order valence-electron chi connectivity index (χ2n) is 9.93. The van der Waals surface area contributed by atoms with Crippen LogP contribution in [0.2, 0.25) is 0 Å². The lowest BCUT2D eigenvalue weighted by Gasteiger charge is -2.40. The Balaban J connectivity index is 1.24. The van der Waals surface area contributed by atoms with Crippen molar-refractivity contribution in [3.8, 4) is 0 Å². The van der Waals surface area contributed by atoms with E-state index in [-0.39, 0.29) is 30.0 Å². The number of hydrogen-bond donors (Lipinski definition) is 1. The summed E-state index contributed by atoms with van der Waals surface area (Å²) in [6.07, 6.45) is 0. The van der Waals surface area contributed by atoms with Gasteiger partial charge in [0.2, 0.25) is 5.91 Å². The Kier molecular flexibility index (Phi) is 6.80. The first-order valence-electron chi connectivity index (χ1n) is 12.6. The van der Waals surface area contributed by atoms with Gasteiger partial charge in [-0.2, -0.15) is 5.10 Å². The highest BCUT2D eigenvalue weighted by molar-refractivity contribution is 6.01. The number of nitrogens with zero attached hydrogens (tertiary/aromatic N) is 5. The first kappa shape index (κ1) is 24.7. The zero-order chi connectivity index (χ0) is 26.0. The van der Waals surface area contributed by atoms with Crippen molar-refractivity contribution < 1.29 is 14.4 Å². The van der Waals surface area contributed by atoms with Crippen LogP contribution >= 0.6 is 0 Å². The summed E-state index contributed by atoms with van der Waals surface area (Å²) in [5.74, 6) is -0.787. The second-order valence-corrected chi connectivity index (χ2v) is 9.93. The van der Waals surface area contributed by atoms with Crippen LogP contribution in [0.1, 0.15) is 39.0 Å². The zero-order valence-electron chi connectivity index (χ0n) is 21.3. The van der Waals surface area contributed by atoms with Crippen molar-refractivity contribution in [3.05, 3.63) is 89.2 Å². The Morgan fingerprint density at radius 2 is 1.57 bits per heavy atom. The van der Waals surface area contributed by atoms with Gasteiger partial charge in [-0.1, -0.05) is 60.7 Å². The molecule has 0 saturated carbocycles. The monoisotopic (exact) mass is 500 g/mol. The molecule has 0 spiro atoms. The summed E-state index contributed by atoms with van der Waals surface area (Å²) < 4.78 is 1.50. The third-order valence-corrected chi connectivity index (χ3v) is 7.41. The van der Waals surface area contributed by atoms with Gasteiger partial charge in [0.15, 0.2) is 5.69 Å². The van der Waals surface area contributed by atoms with E-state index >= 15 is 0 Å². The van der Waals surface area contributed by atoms with Gasteiger partial charge in [-0.3, -0.25) is 24.0 Å². The fourth-order valence-corrected chi connectivity index (χ4v) is 4.91. The Labute approximate surface area is 216 Å². The van der Waals surface area contributed by atoms with Crippen molar-refractivity contribution >= 4 is 17.7 Å². The van der Waals surface area contributed by atoms with Gasteiger partial charge in [0.25, 0.3) is 11.8 Å². The van der Waals surface area contributed by atoms with E-state index < -0.39 is 5.54 Å². The lowest BCUT2D eigenvalue weighted by atomic mass is 9.96. The van der Waals surface area contributed by atoms with Crippen LogP contribution in [0.5, 0.6) is 0 Å². The molecule has 2 aliphatic rings. The number of carbonyl (C=O) groups excluding carboxylic acids is 3. The molecule has 0 radical (unpaired) electrons.